The van der Waals surface area contributed by atoms with Gasteiger partial charge in [-0.3, -0.25) is 9.89 Å². The van der Waals surface area contributed by atoms with E-state index in [0.29, 0.717) is 30.7 Å². The van der Waals surface area contributed by atoms with Crippen molar-refractivity contribution in [2.45, 2.75) is 33.2 Å². The number of aryl methyl sites for hydroxylation is 1. The van der Waals surface area contributed by atoms with Crippen LogP contribution in [0.1, 0.15) is 25.6 Å². The molecule has 0 saturated carbocycles. The van der Waals surface area contributed by atoms with Crippen molar-refractivity contribution in [3.05, 3.63) is 11.7 Å². The Morgan fingerprint density at radius 1 is 1.35 bits per heavy atom. The number of hydrogen-bond acceptors (Lipinski definition) is 6. The molecule has 1 unspecified atom stereocenters. The summed E-state index contributed by atoms with van der Waals surface area (Å²) in [6, 6.07) is 0.410. The Kier molecular flexibility index (Phi) is 7.28. The van der Waals surface area contributed by atoms with Crippen LogP contribution in [-0.2, 0) is 11.2 Å². The van der Waals surface area contributed by atoms with Gasteiger partial charge in [0.25, 0.3) is 0 Å². The molecule has 130 valence electrons. The van der Waals surface area contributed by atoms with Gasteiger partial charge in [-0.2, -0.15) is 4.98 Å². The molecule has 0 spiro atoms. The second-order valence-electron chi connectivity index (χ2n) is 5.63. The fourth-order valence-corrected chi connectivity index (χ4v) is 2.43. The molecular weight excluding hydrogens is 296 g/mol. The number of nitrogens with zero attached hydrogens (tertiary/aromatic N) is 4. The Bertz CT molecular complexity index is 484. The van der Waals surface area contributed by atoms with E-state index < -0.39 is 0 Å². The molecule has 1 saturated heterocycles. The number of aromatic nitrogens is 2. The van der Waals surface area contributed by atoms with Gasteiger partial charge in [-0.05, 0) is 20.8 Å². The van der Waals surface area contributed by atoms with Crippen molar-refractivity contribution in [2.75, 3.05) is 45.9 Å². The molecule has 1 aromatic heterocycles. The lowest BCUT2D eigenvalue weighted by Gasteiger charge is -2.31. The zero-order valence-electron chi connectivity index (χ0n) is 14.3. The van der Waals surface area contributed by atoms with Crippen molar-refractivity contribution in [3.63, 3.8) is 0 Å². The van der Waals surface area contributed by atoms with E-state index in [9.17, 15) is 0 Å². The maximum absolute atomic E-state index is 5.39. The van der Waals surface area contributed by atoms with Gasteiger partial charge in [0.15, 0.2) is 11.8 Å². The fraction of sp³-hybridized carbons (Fsp3) is 0.800. The number of aliphatic imine (C=N–C) groups is 1. The number of guanidine groups is 1. The minimum Gasteiger partial charge on any atom is -0.379 e. The second kappa shape index (κ2) is 9.46. The van der Waals surface area contributed by atoms with Crippen molar-refractivity contribution >= 4 is 5.96 Å². The lowest BCUT2D eigenvalue weighted by atomic mass is 10.2. The molecule has 0 radical (unpaired) electrons. The highest BCUT2D eigenvalue weighted by Crippen LogP contribution is 2.03. The molecule has 8 heteroatoms. The quantitative estimate of drug-likeness (QED) is 0.547. The van der Waals surface area contributed by atoms with Crippen molar-refractivity contribution in [1.29, 1.82) is 0 Å². The summed E-state index contributed by atoms with van der Waals surface area (Å²) in [6.45, 7) is 12.0. The lowest BCUT2D eigenvalue weighted by molar-refractivity contribution is 0.0220. The van der Waals surface area contributed by atoms with E-state index in [1.807, 2.05) is 6.92 Å². The Labute approximate surface area is 137 Å². The van der Waals surface area contributed by atoms with Crippen LogP contribution in [0.3, 0.4) is 0 Å². The summed E-state index contributed by atoms with van der Waals surface area (Å²) in [5.74, 6) is 2.14. The van der Waals surface area contributed by atoms with E-state index in [-0.39, 0.29) is 0 Å². The first-order valence-corrected chi connectivity index (χ1v) is 8.32. The molecule has 2 heterocycles. The van der Waals surface area contributed by atoms with Crippen LogP contribution in [0, 0.1) is 6.92 Å². The third-order valence-electron chi connectivity index (χ3n) is 3.73. The monoisotopic (exact) mass is 324 g/mol. The largest absolute Gasteiger partial charge is 0.379 e. The fourth-order valence-electron chi connectivity index (χ4n) is 2.43. The third kappa shape index (κ3) is 6.15. The summed E-state index contributed by atoms with van der Waals surface area (Å²) in [5, 5.41) is 10.4. The van der Waals surface area contributed by atoms with Gasteiger partial charge in [-0.25, -0.2) is 0 Å². The summed E-state index contributed by atoms with van der Waals surface area (Å²) >= 11 is 0. The predicted molar refractivity (Wildman–Crippen MR) is 88.6 cm³/mol. The predicted octanol–water partition coefficient (Wildman–Crippen LogP) is 0.196. The van der Waals surface area contributed by atoms with Gasteiger partial charge >= 0.3 is 0 Å². The highest BCUT2D eigenvalue weighted by atomic mass is 16.5. The van der Waals surface area contributed by atoms with E-state index in [1.54, 1.807) is 0 Å². The topological polar surface area (TPSA) is 87.8 Å². The number of hydrogen-bond donors (Lipinski definition) is 2. The molecule has 1 aromatic rings. The minimum atomic E-state index is 0.410. The second-order valence-corrected chi connectivity index (χ2v) is 5.63. The molecule has 0 bridgehead atoms. The van der Waals surface area contributed by atoms with Crippen LogP contribution >= 0.6 is 0 Å². The highest BCUT2D eigenvalue weighted by molar-refractivity contribution is 5.79. The first-order valence-electron chi connectivity index (χ1n) is 8.32. The van der Waals surface area contributed by atoms with E-state index >= 15 is 0 Å². The molecule has 0 aromatic carbocycles. The zero-order chi connectivity index (χ0) is 16.5. The minimum absolute atomic E-state index is 0.410. The van der Waals surface area contributed by atoms with Gasteiger partial charge in [0.1, 0.15) is 0 Å². The average molecular weight is 324 g/mol. The maximum atomic E-state index is 5.39. The van der Waals surface area contributed by atoms with Crippen molar-refractivity contribution in [2.24, 2.45) is 4.99 Å². The standard InChI is InChI=1S/C15H28N6O2/c1-4-16-15(17-6-5-14-19-13(3)20-23-14)18-11-12(2)21-7-9-22-10-8-21/h12H,4-11H2,1-3H3,(H2,16,17,18). The number of rotatable bonds is 7. The van der Waals surface area contributed by atoms with Crippen LogP contribution in [0.4, 0.5) is 0 Å². The zero-order valence-corrected chi connectivity index (χ0v) is 14.3. The van der Waals surface area contributed by atoms with Crippen molar-refractivity contribution < 1.29 is 9.26 Å². The summed E-state index contributed by atoms with van der Waals surface area (Å²) in [5.41, 5.74) is 0. The molecule has 0 amide bonds. The average Bonchev–Trinajstić information content (AvgIpc) is 2.98. The molecule has 1 aliphatic rings. The first-order chi connectivity index (χ1) is 11.2. The van der Waals surface area contributed by atoms with Gasteiger partial charge in [0.05, 0.1) is 19.8 Å². The van der Waals surface area contributed by atoms with Crippen LogP contribution in [0.2, 0.25) is 0 Å². The maximum Gasteiger partial charge on any atom is 0.228 e. The molecule has 1 fully saturated rings. The summed E-state index contributed by atoms with van der Waals surface area (Å²) < 4.78 is 10.5. The van der Waals surface area contributed by atoms with E-state index in [1.165, 1.54) is 0 Å². The first kappa shape index (κ1) is 17.7. The van der Waals surface area contributed by atoms with Crippen molar-refractivity contribution in [3.8, 4) is 0 Å². The number of nitrogens with one attached hydrogen (secondary N) is 2. The third-order valence-corrected chi connectivity index (χ3v) is 3.73. The van der Waals surface area contributed by atoms with Crippen LogP contribution in [0.15, 0.2) is 9.52 Å². The highest BCUT2D eigenvalue weighted by Gasteiger charge is 2.16. The van der Waals surface area contributed by atoms with Gasteiger partial charge < -0.3 is 19.9 Å². The van der Waals surface area contributed by atoms with E-state index in [2.05, 4.69) is 44.5 Å². The molecule has 2 N–H and O–H groups in total. The van der Waals surface area contributed by atoms with E-state index in [4.69, 9.17) is 9.26 Å². The Morgan fingerprint density at radius 3 is 2.78 bits per heavy atom. The van der Waals surface area contributed by atoms with Gasteiger partial charge in [0.2, 0.25) is 5.89 Å². The van der Waals surface area contributed by atoms with Crippen LogP contribution in [0.25, 0.3) is 0 Å². The summed E-state index contributed by atoms with van der Waals surface area (Å²) in [6.07, 6.45) is 0.685. The molecule has 2 rings (SSSR count). The Balaban J connectivity index is 1.76. The van der Waals surface area contributed by atoms with Gasteiger partial charge in [-0.1, -0.05) is 5.16 Å². The van der Waals surface area contributed by atoms with Gasteiger partial charge in [0, 0.05) is 38.6 Å². The molecule has 8 nitrogen and oxygen atoms in total. The lowest BCUT2D eigenvalue weighted by Crippen LogP contribution is -2.44. The van der Waals surface area contributed by atoms with E-state index in [0.717, 1.165) is 45.4 Å². The summed E-state index contributed by atoms with van der Waals surface area (Å²) in [4.78, 5) is 11.3. The smallest absolute Gasteiger partial charge is 0.228 e. The van der Waals surface area contributed by atoms with Crippen LogP contribution in [-0.4, -0.2) is 73.0 Å². The number of ether oxygens (including phenoxy) is 1. The SMILES string of the molecule is CCNC(=NCC(C)N1CCOCC1)NCCc1nc(C)no1. The van der Waals surface area contributed by atoms with Crippen LogP contribution < -0.4 is 10.6 Å². The van der Waals surface area contributed by atoms with Crippen molar-refractivity contribution in [1.82, 2.24) is 25.7 Å². The molecule has 1 aliphatic heterocycles. The Hall–Kier alpha value is -1.67. The molecular formula is C15H28N6O2. The number of morpholine rings is 1. The normalized spacial score (nSPS) is 18.0. The summed E-state index contributed by atoms with van der Waals surface area (Å²) in [7, 11) is 0. The Morgan fingerprint density at radius 2 is 2.13 bits per heavy atom. The molecule has 23 heavy (non-hydrogen) atoms. The molecule has 0 aliphatic carbocycles. The van der Waals surface area contributed by atoms with Crippen LogP contribution in [0.5, 0.6) is 0 Å². The van der Waals surface area contributed by atoms with Gasteiger partial charge in [-0.15, -0.1) is 0 Å². The molecule has 1 atom stereocenters.